The molecule has 1 aliphatic heterocycles. The van der Waals surface area contributed by atoms with E-state index in [9.17, 15) is 5.11 Å². The Morgan fingerprint density at radius 1 is 1.52 bits per heavy atom. The van der Waals surface area contributed by atoms with E-state index in [0.29, 0.717) is 17.8 Å². The van der Waals surface area contributed by atoms with Crippen LogP contribution in [-0.2, 0) is 0 Å². The van der Waals surface area contributed by atoms with Gasteiger partial charge in [0.25, 0.3) is 0 Å². The molecule has 128 valence electrons. The van der Waals surface area contributed by atoms with Gasteiger partial charge in [-0.1, -0.05) is 0 Å². The molecule has 23 heavy (non-hydrogen) atoms. The monoisotopic (exact) mass is 320 g/mol. The summed E-state index contributed by atoms with van der Waals surface area (Å²) in [5, 5.41) is 16.9. The van der Waals surface area contributed by atoms with Crippen LogP contribution in [-0.4, -0.2) is 53.7 Å². The molecule has 2 fully saturated rings. The second kappa shape index (κ2) is 7.36. The number of aliphatic imine (C=N–C) groups is 1. The van der Waals surface area contributed by atoms with E-state index in [4.69, 9.17) is 4.42 Å². The third kappa shape index (κ3) is 4.26. The highest BCUT2D eigenvalue weighted by atomic mass is 16.4. The molecule has 6 nitrogen and oxygen atoms in total. The van der Waals surface area contributed by atoms with Gasteiger partial charge in [0.1, 0.15) is 11.9 Å². The van der Waals surface area contributed by atoms with Gasteiger partial charge in [0.15, 0.2) is 5.96 Å². The fraction of sp³-hybridized carbons (Fsp3) is 0.706. The summed E-state index contributed by atoms with van der Waals surface area (Å²) in [7, 11) is 0. The molecule has 3 rings (SSSR count). The second-order valence-electron chi connectivity index (χ2n) is 6.60. The third-order valence-electron chi connectivity index (χ3n) is 4.62. The lowest BCUT2D eigenvalue weighted by Gasteiger charge is -2.20. The zero-order chi connectivity index (χ0) is 16.2. The number of nitrogens with zero attached hydrogens (tertiary/aromatic N) is 2. The summed E-state index contributed by atoms with van der Waals surface area (Å²) in [6.45, 7) is 6.53. The van der Waals surface area contributed by atoms with Crippen molar-refractivity contribution in [2.75, 3.05) is 19.6 Å². The van der Waals surface area contributed by atoms with E-state index in [1.165, 1.54) is 12.8 Å². The Kier molecular flexibility index (Phi) is 5.23. The summed E-state index contributed by atoms with van der Waals surface area (Å²) < 4.78 is 5.22. The lowest BCUT2D eigenvalue weighted by Crippen LogP contribution is -2.45. The van der Waals surface area contributed by atoms with E-state index in [0.717, 1.165) is 31.5 Å². The molecule has 1 aliphatic carbocycles. The Morgan fingerprint density at radius 3 is 3.00 bits per heavy atom. The maximum absolute atomic E-state index is 10.1. The molecule has 2 heterocycles. The molecular weight excluding hydrogens is 292 g/mol. The Morgan fingerprint density at radius 2 is 2.35 bits per heavy atom. The van der Waals surface area contributed by atoms with Crippen LogP contribution in [0.1, 0.15) is 45.0 Å². The minimum atomic E-state index is -0.703. The smallest absolute Gasteiger partial charge is 0.191 e. The predicted molar refractivity (Wildman–Crippen MR) is 90.4 cm³/mol. The molecule has 0 radical (unpaired) electrons. The number of hydrogen-bond donors (Lipinski definition) is 3. The average molecular weight is 320 g/mol. The molecule has 3 N–H and O–H groups in total. The molecule has 6 heteroatoms. The van der Waals surface area contributed by atoms with Crippen molar-refractivity contribution in [2.45, 2.75) is 57.3 Å². The quantitative estimate of drug-likeness (QED) is 0.547. The van der Waals surface area contributed by atoms with Crippen LogP contribution in [0.25, 0.3) is 0 Å². The molecule has 2 aliphatic rings. The van der Waals surface area contributed by atoms with Gasteiger partial charge in [0.05, 0.1) is 12.8 Å². The van der Waals surface area contributed by atoms with Gasteiger partial charge in [0, 0.05) is 31.2 Å². The first-order valence-electron chi connectivity index (χ1n) is 8.69. The van der Waals surface area contributed by atoms with E-state index >= 15 is 0 Å². The van der Waals surface area contributed by atoms with Crippen LogP contribution >= 0.6 is 0 Å². The zero-order valence-electron chi connectivity index (χ0n) is 14.0. The van der Waals surface area contributed by atoms with E-state index < -0.39 is 6.10 Å². The van der Waals surface area contributed by atoms with Gasteiger partial charge in [-0.05, 0) is 45.2 Å². The van der Waals surface area contributed by atoms with Gasteiger partial charge >= 0.3 is 0 Å². The summed E-state index contributed by atoms with van der Waals surface area (Å²) in [6.07, 6.45) is 4.70. The van der Waals surface area contributed by atoms with Crippen molar-refractivity contribution in [3.63, 3.8) is 0 Å². The third-order valence-corrected chi connectivity index (χ3v) is 4.62. The van der Waals surface area contributed by atoms with Crippen molar-refractivity contribution >= 4 is 5.96 Å². The Balaban J connectivity index is 1.54. The van der Waals surface area contributed by atoms with E-state index in [2.05, 4.69) is 27.4 Å². The van der Waals surface area contributed by atoms with Crippen molar-refractivity contribution in [3.8, 4) is 0 Å². The number of furan rings is 1. The molecular formula is C17H28N4O2. The van der Waals surface area contributed by atoms with E-state index in [1.807, 2.05) is 6.92 Å². The highest BCUT2D eigenvalue weighted by molar-refractivity contribution is 5.80. The number of likely N-dealkylation sites (tertiary alicyclic amines) is 1. The minimum absolute atomic E-state index is 0.289. The maximum atomic E-state index is 10.1. The molecule has 0 aromatic carbocycles. The van der Waals surface area contributed by atoms with Gasteiger partial charge < -0.3 is 20.2 Å². The van der Waals surface area contributed by atoms with Crippen LogP contribution in [0.5, 0.6) is 0 Å². The van der Waals surface area contributed by atoms with Crippen LogP contribution in [0.15, 0.2) is 27.8 Å². The van der Waals surface area contributed by atoms with Gasteiger partial charge in [0.2, 0.25) is 0 Å². The zero-order valence-corrected chi connectivity index (χ0v) is 14.0. The van der Waals surface area contributed by atoms with Crippen molar-refractivity contribution in [3.05, 3.63) is 24.2 Å². The molecule has 0 spiro atoms. The summed E-state index contributed by atoms with van der Waals surface area (Å²) in [6, 6.07) is 5.41. The van der Waals surface area contributed by atoms with Gasteiger partial charge in [-0.25, -0.2) is 0 Å². The number of hydrogen-bond acceptors (Lipinski definition) is 4. The Labute approximate surface area is 138 Å². The molecule has 0 bridgehead atoms. The molecule has 0 amide bonds. The number of aliphatic hydroxyl groups excluding tert-OH is 1. The maximum Gasteiger partial charge on any atom is 0.191 e. The van der Waals surface area contributed by atoms with Crippen LogP contribution in [0.3, 0.4) is 0 Å². The van der Waals surface area contributed by atoms with Crippen molar-refractivity contribution < 1.29 is 9.52 Å². The van der Waals surface area contributed by atoms with E-state index in [1.54, 1.807) is 18.4 Å². The summed E-state index contributed by atoms with van der Waals surface area (Å²) in [5.74, 6) is 1.33. The average Bonchev–Trinajstić information content (AvgIpc) is 3.08. The van der Waals surface area contributed by atoms with Gasteiger partial charge in [-0.15, -0.1) is 0 Å². The number of nitrogens with one attached hydrogen (secondary N) is 2. The van der Waals surface area contributed by atoms with Crippen LogP contribution in [0.4, 0.5) is 0 Å². The summed E-state index contributed by atoms with van der Waals surface area (Å²) in [5.41, 5.74) is 0. The molecule has 1 aromatic heterocycles. The number of rotatable bonds is 6. The summed E-state index contributed by atoms with van der Waals surface area (Å²) >= 11 is 0. The Bertz CT molecular complexity index is 513. The molecule has 3 unspecified atom stereocenters. The first-order chi connectivity index (χ1) is 11.2. The SMILES string of the molecule is CCNC(=NCC(O)c1ccco1)NC1CC(C)N(C2CC2)C1. The standard InChI is InChI=1S/C17H28N4O2/c1-3-18-17(19-10-15(22)16-5-4-8-23-16)20-13-9-12(2)21(11-13)14-6-7-14/h4-5,8,12-15,22H,3,6-7,9-11H2,1-2H3,(H2,18,19,20). The fourth-order valence-electron chi connectivity index (χ4n) is 3.34. The fourth-order valence-corrected chi connectivity index (χ4v) is 3.34. The van der Waals surface area contributed by atoms with Gasteiger partial charge in [-0.2, -0.15) is 0 Å². The highest BCUT2D eigenvalue weighted by Gasteiger charge is 2.38. The van der Waals surface area contributed by atoms with Crippen LogP contribution in [0.2, 0.25) is 0 Å². The van der Waals surface area contributed by atoms with Crippen molar-refractivity contribution in [2.24, 2.45) is 4.99 Å². The second-order valence-corrected chi connectivity index (χ2v) is 6.60. The topological polar surface area (TPSA) is 73.0 Å². The van der Waals surface area contributed by atoms with Crippen LogP contribution in [0, 0.1) is 0 Å². The molecule has 1 saturated carbocycles. The lowest BCUT2D eigenvalue weighted by molar-refractivity contribution is 0.158. The number of aliphatic hydroxyl groups is 1. The number of guanidine groups is 1. The Hall–Kier alpha value is -1.53. The highest BCUT2D eigenvalue weighted by Crippen LogP contribution is 2.33. The minimum Gasteiger partial charge on any atom is -0.467 e. The summed E-state index contributed by atoms with van der Waals surface area (Å²) in [4.78, 5) is 7.12. The molecule has 1 saturated heterocycles. The van der Waals surface area contributed by atoms with E-state index in [-0.39, 0.29) is 6.54 Å². The largest absolute Gasteiger partial charge is 0.467 e. The first kappa shape index (κ1) is 16.3. The van der Waals surface area contributed by atoms with Crippen molar-refractivity contribution in [1.29, 1.82) is 0 Å². The lowest BCUT2D eigenvalue weighted by atomic mass is 10.2. The predicted octanol–water partition coefficient (Wildman–Crippen LogP) is 1.49. The van der Waals surface area contributed by atoms with Gasteiger partial charge in [-0.3, -0.25) is 9.89 Å². The molecule has 3 atom stereocenters. The normalized spacial score (nSPS) is 27.2. The van der Waals surface area contributed by atoms with Crippen LogP contribution < -0.4 is 10.6 Å². The molecule has 1 aromatic rings. The first-order valence-corrected chi connectivity index (χ1v) is 8.69. The van der Waals surface area contributed by atoms with Crippen molar-refractivity contribution in [1.82, 2.24) is 15.5 Å².